The maximum absolute atomic E-state index is 11.3. The van der Waals surface area contributed by atoms with Gasteiger partial charge in [-0.1, -0.05) is 30.3 Å². The number of nitrogens with zero attached hydrogens (tertiary/aromatic N) is 2. The van der Waals surface area contributed by atoms with Gasteiger partial charge in [-0.05, 0) is 23.8 Å². The van der Waals surface area contributed by atoms with Gasteiger partial charge in [-0.3, -0.25) is 0 Å². The van der Waals surface area contributed by atoms with E-state index in [-0.39, 0.29) is 0 Å². The highest BCUT2D eigenvalue weighted by atomic mass is 16.4. The number of benzene rings is 2. The quantitative estimate of drug-likeness (QED) is 0.940. The number of aromatic carboxylic acids is 1. The van der Waals surface area contributed by atoms with Crippen LogP contribution in [0.4, 0.5) is 11.4 Å². The summed E-state index contributed by atoms with van der Waals surface area (Å²) in [6, 6.07) is 15.5. The first-order valence-corrected chi connectivity index (χ1v) is 7.03. The minimum atomic E-state index is -0.868. The van der Waals surface area contributed by atoms with E-state index in [1.54, 1.807) is 12.1 Å². The molecule has 4 heteroatoms. The first-order valence-electron chi connectivity index (χ1n) is 7.03. The van der Waals surface area contributed by atoms with Crippen molar-refractivity contribution in [2.45, 2.75) is 6.54 Å². The van der Waals surface area contributed by atoms with Crippen molar-refractivity contribution in [2.75, 3.05) is 29.9 Å². The molecule has 2 aromatic rings. The van der Waals surface area contributed by atoms with Gasteiger partial charge in [0.05, 0.1) is 16.9 Å². The Morgan fingerprint density at radius 1 is 1.05 bits per heavy atom. The first kappa shape index (κ1) is 13.5. The summed E-state index contributed by atoms with van der Waals surface area (Å²) in [5, 5.41) is 9.31. The lowest BCUT2D eigenvalue weighted by Gasteiger charge is -2.37. The van der Waals surface area contributed by atoms with Crippen LogP contribution in [0.15, 0.2) is 48.5 Å². The van der Waals surface area contributed by atoms with Gasteiger partial charge in [-0.2, -0.15) is 0 Å². The minimum Gasteiger partial charge on any atom is -0.478 e. The average Bonchev–Trinajstić information content (AvgIpc) is 2.51. The van der Waals surface area contributed by atoms with Crippen LogP contribution in [0.5, 0.6) is 0 Å². The van der Waals surface area contributed by atoms with Gasteiger partial charge in [-0.15, -0.1) is 0 Å². The summed E-state index contributed by atoms with van der Waals surface area (Å²) in [7, 11) is 2.08. The Morgan fingerprint density at radius 2 is 1.71 bits per heavy atom. The topological polar surface area (TPSA) is 43.8 Å². The number of rotatable bonds is 3. The molecule has 4 nitrogen and oxygen atoms in total. The number of hydrogen-bond donors (Lipinski definition) is 1. The van der Waals surface area contributed by atoms with Crippen LogP contribution in [-0.4, -0.2) is 31.2 Å². The van der Waals surface area contributed by atoms with Crippen molar-refractivity contribution in [2.24, 2.45) is 0 Å². The van der Waals surface area contributed by atoms with E-state index >= 15 is 0 Å². The van der Waals surface area contributed by atoms with Gasteiger partial charge >= 0.3 is 5.97 Å². The zero-order valence-corrected chi connectivity index (χ0v) is 12.0. The fourth-order valence-corrected chi connectivity index (χ4v) is 2.80. The summed E-state index contributed by atoms with van der Waals surface area (Å²) in [5.74, 6) is -0.868. The van der Waals surface area contributed by atoms with Crippen molar-refractivity contribution in [3.63, 3.8) is 0 Å². The molecule has 0 aliphatic carbocycles. The summed E-state index contributed by atoms with van der Waals surface area (Å²) >= 11 is 0. The molecule has 0 radical (unpaired) electrons. The van der Waals surface area contributed by atoms with E-state index in [4.69, 9.17) is 0 Å². The van der Waals surface area contributed by atoms with E-state index in [2.05, 4.69) is 29.0 Å². The Hall–Kier alpha value is -2.49. The fourth-order valence-electron chi connectivity index (χ4n) is 2.80. The maximum atomic E-state index is 11.3. The molecule has 1 aliphatic heterocycles. The van der Waals surface area contributed by atoms with Crippen LogP contribution in [0.3, 0.4) is 0 Å². The predicted octanol–water partition coefficient (Wildman–Crippen LogP) is 2.84. The number of anilines is 2. The van der Waals surface area contributed by atoms with Gasteiger partial charge < -0.3 is 14.9 Å². The standard InChI is InChI=1S/C17H18N2O2/c1-18-10-11-19(16-9-5-4-8-15(16)18)12-13-6-2-3-7-14(13)17(20)21/h2-9H,10-12H2,1H3,(H,20,21). The van der Waals surface area contributed by atoms with Crippen molar-refractivity contribution in [1.82, 2.24) is 0 Å². The molecule has 0 fully saturated rings. The maximum Gasteiger partial charge on any atom is 0.336 e. The molecule has 0 aromatic heterocycles. The van der Waals surface area contributed by atoms with Gasteiger partial charge in [0, 0.05) is 26.7 Å². The second-order valence-corrected chi connectivity index (χ2v) is 5.29. The lowest BCUT2D eigenvalue weighted by molar-refractivity contribution is 0.0695. The minimum absolute atomic E-state index is 0.383. The Kier molecular flexibility index (Phi) is 3.52. The van der Waals surface area contributed by atoms with Crippen LogP contribution in [0.1, 0.15) is 15.9 Å². The molecule has 1 heterocycles. The molecule has 0 atom stereocenters. The number of para-hydroxylation sites is 2. The van der Waals surface area contributed by atoms with E-state index in [0.29, 0.717) is 12.1 Å². The molecule has 1 aliphatic rings. The van der Waals surface area contributed by atoms with E-state index in [1.807, 2.05) is 24.3 Å². The molecule has 0 bridgehead atoms. The molecule has 1 N–H and O–H groups in total. The summed E-state index contributed by atoms with van der Waals surface area (Å²) in [5.41, 5.74) is 3.58. The van der Waals surface area contributed by atoms with Gasteiger partial charge in [0.1, 0.15) is 0 Å². The Balaban J connectivity index is 1.93. The normalized spacial score (nSPS) is 14.0. The van der Waals surface area contributed by atoms with Crippen molar-refractivity contribution in [1.29, 1.82) is 0 Å². The SMILES string of the molecule is CN1CCN(Cc2ccccc2C(=O)O)c2ccccc21. The number of carboxylic acids is 1. The van der Waals surface area contributed by atoms with E-state index in [0.717, 1.165) is 24.3 Å². The molecule has 3 rings (SSSR count). The zero-order chi connectivity index (χ0) is 14.8. The Morgan fingerprint density at radius 3 is 2.48 bits per heavy atom. The van der Waals surface area contributed by atoms with Gasteiger partial charge in [0.25, 0.3) is 0 Å². The zero-order valence-electron chi connectivity index (χ0n) is 12.0. The summed E-state index contributed by atoms with van der Waals surface area (Å²) in [6.07, 6.45) is 0. The third kappa shape index (κ3) is 2.57. The monoisotopic (exact) mass is 282 g/mol. The van der Waals surface area contributed by atoms with Crippen molar-refractivity contribution in [3.8, 4) is 0 Å². The predicted molar refractivity (Wildman–Crippen MR) is 84.2 cm³/mol. The van der Waals surface area contributed by atoms with Crippen LogP contribution < -0.4 is 9.80 Å². The molecule has 0 spiro atoms. The molecule has 0 unspecified atom stereocenters. The number of fused-ring (bicyclic) bond motifs is 1. The van der Waals surface area contributed by atoms with E-state index in [1.165, 1.54) is 5.69 Å². The highest BCUT2D eigenvalue weighted by molar-refractivity contribution is 5.89. The summed E-state index contributed by atoms with van der Waals surface area (Å²) < 4.78 is 0. The largest absolute Gasteiger partial charge is 0.478 e. The molecular formula is C17H18N2O2. The molecular weight excluding hydrogens is 264 g/mol. The third-order valence-corrected chi connectivity index (χ3v) is 3.95. The molecule has 21 heavy (non-hydrogen) atoms. The molecule has 2 aromatic carbocycles. The Bertz CT molecular complexity index is 669. The summed E-state index contributed by atoms with van der Waals surface area (Å²) in [4.78, 5) is 15.8. The first-order chi connectivity index (χ1) is 10.2. The number of carboxylic acid groups (broad SMARTS) is 1. The van der Waals surface area contributed by atoms with Crippen molar-refractivity contribution >= 4 is 17.3 Å². The highest BCUT2D eigenvalue weighted by Gasteiger charge is 2.21. The smallest absolute Gasteiger partial charge is 0.336 e. The van der Waals surface area contributed by atoms with E-state index in [9.17, 15) is 9.90 Å². The van der Waals surface area contributed by atoms with Crippen LogP contribution in [0, 0.1) is 0 Å². The fraction of sp³-hybridized carbons (Fsp3) is 0.235. The lowest BCUT2D eigenvalue weighted by atomic mass is 10.1. The molecule has 0 saturated heterocycles. The van der Waals surface area contributed by atoms with Crippen LogP contribution in [0.25, 0.3) is 0 Å². The van der Waals surface area contributed by atoms with E-state index < -0.39 is 5.97 Å². The second-order valence-electron chi connectivity index (χ2n) is 5.29. The van der Waals surface area contributed by atoms with Gasteiger partial charge in [0.2, 0.25) is 0 Å². The molecule has 0 saturated carbocycles. The molecule has 0 amide bonds. The third-order valence-electron chi connectivity index (χ3n) is 3.95. The van der Waals surface area contributed by atoms with Crippen LogP contribution in [-0.2, 0) is 6.54 Å². The van der Waals surface area contributed by atoms with Crippen molar-refractivity contribution in [3.05, 3.63) is 59.7 Å². The van der Waals surface area contributed by atoms with Crippen LogP contribution >= 0.6 is 0 Å². The lowest BCUT2D eigenvalue weighted by Crippen LogP contribution is -2.39. The van der Waals surface area contributed by atoms with Gasteiger partial charge in [-0.25, -0.2) is 4.79 Å². The summed E-state index contributed by atoms with van der Waals surface area (Å²) in [6.45, 7) is 2.45. The number of carbonyl (C=O) groups is 1. The van der Waals surface area contributed by atoms with Gasteiger partial charge in [0.15, 0.2) is 0 Å². The highest BCUT2D eigenvalue weighted by Crippen LogP contribution is 2.32. The number of likely N-dealkylation sites (N-methyl/N-ethyl adjacent to an activating group) is 1. The van der Waals surface area contributed by atoms with Crippen LogP contribution in [0.2, 0.25) is 0 Å². The Labute approximate surface area is 124 Å². The molecule has 108 valence electrons. The second kappa shape index (κ2) is 5.48. The average molecular weight is 282 g/mol. The van der Waals surface area contributed by atoms with Crippen molar-refractivity contribution < 1.29 is 9.90 Å². The number of hydrogen-bond acceptors (Lipinski definition) is 3.